The van der Waals surface area contributed by atoms with Crippen molar-refractivity contribution in [3.8, 4) is 0 Å². The molecule has 0 heterocycles. The van der Waals surface area contributed by atoms with Gasteiger partial charge in [0, 0.05) is 19.2 Å². The van der Waals surface area contributed by atoms with Crippen LogP contribution in [0.3, 0.4) is 0 Å². The van der Waals surface area contributed by atoms with Crippen molar-refractivity contribution in [3.05, 3.63) is 11.8 Å². The number of alkyl halides is 6. The molecule has 0 aliphatic heterocycles. The Morgan fingerprint density at radius 1 is 0.875 bits per heavy atom. The van der Waals surface area contributed by atoms with Crippen molar-refractivity contribution < 1.29 is 45.3 Å². The van der Waals surface area contributed by atoms with Gasteiger partial charge in [0.25, 0.3) is 5.78 Å². The van der Waals surface area contributed by atoms with Crippen LogP contribution in [0.4, 0.5) is 26.3 Å². The minimum absolute atomic E-state index is 0.0976. The first-order valence-corrected chi connectivity index (χ1v) is 6.96. The molecule has 0 spiro atoms. The molecule has 0 aromatic carbocycles. The Hall–Kier alpha value is -1.33. The molecule has 0 aromatic heterocycles. The van der Waals surface area contributed by atoms with E-state index >= 15 is 0 Å². The van der Waals surface area contributed by atoms with Crippen LogP contribution in [0.1, 0.15) is 6.92 Å². The van der Waals surface area contributed by atoms with E-state index in [9.17, 15) is 31.1 Å². The molecule has 0 bridgehead atoms. The van der Waals surface area contributed by atoms with Crippen molar-refractivity contribution in [1.82, 2.24) is 5.32 Å². The van der Waals surface area contributed by atoms with E-state index in [0.717, 1.165) is 0 Å². The molecule has 142 valence electrons. The minimum Gasteiger partial charge on any atom is -0.379 e. The molecule has 0 radical (unpaired) electrons. The fourth-order valence-corrected chi connectivity index (χ4v) is 1.29. The molecule has 1 N–H and O–H groups in total. The summed E-state index contributed by atoms with van der Waals surface area (Å²) < 4.78 is 88.6. The van der Waals surface area contributed by atoms with Gasteiger partial charge in [0.15, 0.2) is 0 Å². The van der Waals surface area contributed by atoms with E-state index in [1.165, 1.54) is 0 Å². The van der Waals surface area contributed by atoms with Gasteiger partial charge in [-0.1, -0.05) is 0 Å². The largest absolute Gasteiger partial charge is 0.454 e. The topological polar surface area (TPSA) is 56.8 Å². The lowest BCUT2D eigenvalue weighted by Crippen LogP contribution is -2.32. The highest BCUT2D eigenvalue weighted by Crippen LogP contribution is 2.25. The first-order chi connectivity index (χ1) is 11.1. The molecule has 0 amide bonds. The Labute approximate surface area is 134 Å². The minimum atomic E-state index is -5.37. The van der Waals surface area contributed by atoms with Gasteiger partial charge in [-0.15, -0.1) is 0 Å². The van der Waals surface area contributed by atoms with E-state index in [2.05, 4.69) is 0 Å². The second-order valence-corrected chi connectivity index (χ2v) is 4.27. The third-order valence-electron chi connectivity index (χ3n) is 2.37. The van der Waals surface area contributed by atoms with Gasteiger partial charge in [-0.2, -0.15) is 26.3 Å². The average Bonchev–Trinajstić information content (AvgIpc) is 2.45. The highest BCUT2D eigenvalue weighted by Gasteiger charge is 2.41. The molecule has 0 rings (SSSR count). The van der Waals surface area contributed by atoms with Crippen LogP contribution in [0.2, 0.25) is 0 Å². The lowest BCUT2D eigenvalue weighted by molar-refractivity contribution is -0.166. The van der Waals surface area contributed by atoms with E-state index in [1.807, 2.05) is 6.92 Å². The fraction of sp³-hybridized carbons (Fsp3) is 0.769. The van der Waals surface area contributed by atoms with Gasteiger partial charge in [0.2, 0.25) is 0 Å². The summed E-state index contributed by atoms with van der Waals surface area (Å²) in [6.45, 7) is 2.79. The van der Waals surface area contributed by atoms with E-state index in [0.29, 0.717) is 19.8 Å². The number of nitrogens with one attached hydrogen (secondary N) is 1. The number of carbonyl (C=O) groups excluding carboxylic acids is 1. The third kappa shape index (κ3) is 11.2. The molecule has 0 aliphatic rings. The highest BCUT2D eigenvalue weighted by atomic mass is 19.4. The summed E-state index contributed by atoms with van der Waals surface area (Å²) in [5.74, 6) is -2.59. The van der Waals surface area contributed by atoms with Crippen LogP contribution < -0.4 is 5.32 Å². The predicted molar refractivity (Wildman–Crippen MR) is 71.3 cm³/mol. The first kappa shape index (κ1) is 22.7. The number of hydrogen-bond donors (Lipinski definition) is 1. The fourth-order valence-electron chi connectivity index (χ4n) is 1.29. The van der Waals surface area contributed by atoms with Crippen LogP contribution in [-0.2, 0) is 19.0 Å². The second kappa shape index (κ2) is 11.3. The van der Waals surface area contributed by atoms with Crippen molar-refractivity contribution in [2.45, 2.75) is 19.3 Å². The van der Waals surface area contributed by atoms with Gasteiger partial charge in [0.05, 0.1) is 33.0 Å². The summed E-state index contributed by atoms with van der Waals surface area (Å²) >= 11 is 0. The summed E-state index contributed by atoms with van der Waals surface area (Å²) in [7, 11) is 0. The van der Waals surface area contributed by atoms with Gasteiger partial charge in [-0.05, 0) is 6.92 Å². The van der Waals surface area contributed by atoms with Crippen molar-refractivity contribution in [1.29, 1.82) is 0 Å². The lowest BCUT2D eigenvalue weighted by Gasteiger charge is -2.14. The SMILES string of the molecule is CCOCCOCCOCCN/C(=C/C(=O)C(F)(F)F)C(F)(F)F. The van der Waals surface area contributed by atoms with Crippen molar-refractivity contribution >= 4 is 5.78 Å². The molecule has 0 atom stereocenters. The molecule has 0 saturated carbocycles. The maximum Gasteiger partial charge on any atom is 0.454 e. The van der Waals surface area contributed by atoms with Crippen LogP contribution in [-0.4, -0.2) is 64.3 Å². The monoisotopic (exact) mass is 367 g/mol. The van der Waals surface area contributed by atoms with Gasteiger partial charge in [0.1, 0.15) is 5.70 Å². The Balaban J connectivity index is 4.06. The number of carbonyl (C=O) groups is 1. The van der Waals surface area contributed by atoms with E-state index in [1.54, 1.807) is 5.32 Å². The van der Waals surface area contributed by atoms with E-state index in [-0.39, 0.29) is 19.8 Å². The van der Waals surface area contributed by atoms with Crippen molar-refractivity contribution in [2.24, 2.45) is 0 Å². The third-order valence-corrected chi connectivity index (χ3v) is 2.37. The number of allylic oxidation sites excluding steroid dienone is 2. The Morgan fingerprint density at radius 3 is 1.83 bits per heavy atom. The van der Waals surface area contributed by atoms with Gasteiger partial charge >= 0.3 is 12.4 Å². The zero-order chi connectivity index (χ0) is 18.6. The van der Waals surface area contributed by atoms with Crippen LogP contribution >= 0.6 is 0 Å². The quantitative estimate of drug-likeness (QED) is 0.326. The maximum atomic E-state index is 12.5. The summed E-state index contributed by atoms with van der Waals surface area (Å²) in [6.07, 6.45) is -11.0. The zero-order valence-electron chi connectivity index (χ0n) is 12.9. The zero-order valence-corrected chi connectivity index (χ0v) is 12.9. The number of ketones is 1. The number of hydrogen-bond acceptors (Lipinski definition) is 5. The molecular weight excluding hydrogens is 348 g/mol. The molecule has 0 unspecified atom stereocenters. The normalized spacial score (nSPS) is 13.2. The first-order valence-electron chi connectivity index (χ1n) is 6.96. The average molecular weight is 367 g/mol. The molecule has 0 aliphatic carbocycles. The van der Waals surface area contributed by atoms with E-state index in [4.69, 9.17) is 14.2 Å². The Kier molecular flexibility index (Phi) is 10.6. The van der Waals surface area contributed by atoms with Crippen LogP contribution in [0.25, 0.3) is 0 Å². The predicted octanol–water partition coefficient (Wildman–Crippen LogP) is 2.22. The maximum absolute atomic E-state index is 12.5. The summed E-state index contributed by atoms with van der Waals surface area (Å²) in [4.78, 5) is 10.6. The van der Waals surface area contributed by atoms with Gasteiger partial charge < -0.3 is 19.5 Å². The van der Waals surface area contributed by atoms with Crippen LogP contribution in [0, 0.1) is 0 Å². The summed E-state index contributed by atoms with van der Waals surface area (Å²) in [5.41, 5.74) is -1.78. The summed E-state index contributed by atoms with van der Waals surface area (Å²) in [6, 6.07) is 0. The van der Waals surface area contributed by atoms with E-state index < -0.39 is 36.5 Å². The standard InChI is InChI=1S/C13H19F6NO4/c1-2-22-5-6-24-8-7-23-4-3-20-10(12(14,15)16)9-11(21)13(17,18)19/h9,20H,2-8H2,1H3/b10-9+. The van der Waals surface area contributed by atoms with Gasteiger partial charge in [-0.3, -0.25) is 4.79 Å². The molecule has 5 nitrogen and oxygen atoms in total. The molecular formula is C13H19F6NO4. The molecule has 0 fully saturated rings. The van der Waals surface area contributed by atoms with Crippen LogP contribution in [0.5, 0.6) is 0 Å². The smallest absolute Gasteiger partial charge is 0.379 e. The molecule has 24 heavy (non-hydrogen) atoms. The number of halogens is 6. The summed E-state index contributed by atoms with van der Waals surface area (Å²) in [5, 5.41) is 1.71. The Bertz CT molecular complexity index is 395. The Morgan fingerprint density at radius 2 is 1.38 bits per heavy atom. The van der Waals surface area contributed by atoms with Crippen LogP contribution in [0.15, 0.2) is 11.8 Å². The number of ether oxygens (including phenoxy) is 3. The molecule has 11 heteroatoms. The van der Waals surface area contributed by atoms with Crippen molar-refractivity contribution in [3.63, 3.8) is 0 Å². The highest BCUT2D eigenvalue weighted by molar-refractivity contribution is 5.95. The second-order valence-electron chi connectivity index (χ2n) is 4.27. The molecule has 0 aromatic rings. The lowest BCUT2D eigenvalue weighted by atomic mass is 10.3. The number of rotatable bonds is 12. The molecule has 0 saturated heterocycles. The van der Waals surface area contributed by atoms with Crippen molar-refractivity contribution in [2.75, 3.05) is 46.2 Å². The van der Waals surface area contributed by atoms with Gasteiger partial charge in [-0.25, -0.2) is 0 Å².